The number of hydrogen-bond acceptors (Lipinski definition) is 3. The van der Waals surface area contributed by atoms with Gasteiger partial charge in [0, 0.05) is 19.6 Å². The van der Waals surface area contributed by atoms with E-state index in [4.69, 9.17) is 5.26 Å². The molecule has 1 fully saturated rings. The van der Waals surface area contributed by atoms with Crippen LogP contribution in [0.5, 0.6) is 0 Å². The molecule has 0 aromatic heterocycles. The summed E-state index contributed by atoms with van der Waals surface area (Å²) in [5.74, 6) is 0.00650. The Morgan fingerprint density at radius 2 is 2.44 bits per heavy atom. The van der Waals surface area contributed by atoms with E-state index in [1.54, 1.807) is 11.0 Å². The highest BCUT2D eigenvalue weighted by Gasteiger charge is 2.33. The number of hydrogen-bond donors (Lipinski definition) is 1. The summed E-state index contributed by atoms with van der Waals surface area (Å²) in [6.07, 6.45) is 1.95. The van der Waals surface area contributed by atoms with E-state index in [2.05, 4.69) is 25.7 Å². The highest BCUT2D eigenvalue weighted by atomic mass is 16.2. The number of carbonyl (C=O) groups excluding carboxylic acids is 1. The zero-order valence-corrected chi connectivity index (χ0v) is 9.99. The molecule has 1 heterocycles. The molecule has 4 heteroatoms. The summed E-state index contributed by atoms with van der Waals surface area (Å²) >= 11 is 0. The van der Waals surface area contributed by atoms with Crippen LogP contribution in [0.1, 0.15) is 20.3 Å². The lowest BCUT2D eigenvalue weighted by molar-refractivity contribution is -0.132. The molecule has 0 aromatic carbocycles. The van der Waals surface area contributed by atoms with E-state index in [1.165, 1.54) is 0 Å². The minimum Gasteiger partial charge on any atom is -0.337 e. The van der Waals surface area contributed by atoms with Crippen molar-refractivity contribution in [1.29, 1.82) is 5.26 Å². The van der Waals surface area contributed by atoms with E-state index >= 15 is 0 Å². The topological polar surface area (TPSA) is 56.1 Å². The first-order chi connectivity index (χ1) is 7.50. The Labute approximate surface area is 96.9 Å². The Morgan fingerprint density at radius 3 is 3.00 bits per heavy atom. The first-order valence-corrected chi connectivity index (χ1v) is 5.50. The number of nitrogens with one attached hydrogen (secondary N) is 1. The summed E-state index contributed by atoms with van der Waals surface area (Å²) in [5, 5.41) is 11.9. The molecule has 0 saturated carbocycles. The molecule has 1 aliphatic heterocycles. The summed E-state index contributed by atoms with van der Waals surface area (Å²) in [6, 6.07) is 1.68. The average Bonchev–Trinajstić information content (AvgIpc) is 2.31. The number of nitriles is 1. The Balaban J connectivity index is 2.84. The molecule has 1 rings (SSSR count). The molecular formula is C12H19N3O. The van der Waals surface area contributed by atoms with E-state index in [9.17, 15) is 4.79 Å². The predicted octanol–water partition coefficient (Wildman–Crippen LogP) is 0.913. The number of rotatable bonds is 3. The number of carbonyl (C=O) groups is 1. The summed E-state index contributed by atoms with van der Waals surface area (Å²) in [4.78, 5) is 13.9. The quantitative estimate of drug-likeness (QED) is 0.721. The first kappa shape index (κ1) is 12.7. The molecule has 4 nitrogen and oxygen atoms in total. The highest BCUT2D eigenvalue weighted by molar-refractivity contribution is 5.82. The van der Waals surface area contributed by atoms with Gasteiger partial charge >= 0.3 is 0 Å². The Bertz CT molecular complexity index is 317. The maximum atomic E-state index is 12.1. The lowest BCUT2D eigenvalue weighted by atomic mass is 9.93. The van der Waals surface area contributed by atoms with E-state index in [0.29, 0.717) is 13.1 Å². The minimum absolute atomic E-state index is 0.00650. The molecule has 1 aliphatic rings. The summed E-state index contributed by atoms with van der Waals surface area (Å²) in [6.45, 7) is 9.88. The van der Waals surface area contributed by atoms with Gasteiger partial charge in [0.25, 0.3) is 0 Å². The van der Waals surface area contributed by atoms with Gasteiger partial charge < -0.3 is 10.2 Å². The molecule has 1 unspecified atom stereocenters. The summed E-state index contributed by atoms with van der Waals surface area (Å²) < 4.78 is 0. The molecule has 1 amide bonds. The van der Waals surface area contributed by atoms with Gasteiger partial charge in [0.15, 0.2) is 0 Å². The molecule has 0 radical (unpaired) electrons. The molecule has 1 atom stereocenters. The second-order valence-corrected chi connectivity index (χ2v) is 4.97. The van der Waals surface area contributed by atoms with Crippen molar-refractivity contribution in [2.24, 2.45) is 5.41 Å². The van der Waals surface area contributed by atoms with Crippen molar-refractivity contribution in [3.05, 3.63) is 12.7 Å². The molecule has 0 spiro atoms. The zero-order valence-electron chi connectivity index (χ0n) is 9.99. The molecule has 0 aliphatic carbocycles. The van der Waals surface area contributed by atoms with Gasteiger partial charge in [-0.3, -0.25) is 4.79 Å². The second kappa shape index (κ2) is 5.13. The van der Waals surface area contributed by atoms with Crippen LogP contribution in [0, 0.1) is 16.7 Å². The molecule has 16 heavy (non-hydrogen) atoms. The average molecular weight is 221 g/mol. The molecule has 0 aromatic rings. The van der Waals surface area contributed by atoms with E-state index in [-0.39, 0.29) is 23.8 Å². The van der Waals surface area contributed by atoms with Crippen molar-refractivity contribution >= 4 is 5.91 Å². The second-order valence-electron chi connectivity index (χ2n) is 4.97. The van der Waals surface area contributed by atoms with Crippen LogP contribution >= 0.6 is 0 Å². The normalized spacial score (nSPS) is 24.7. The molecule has 0 bridgehead atoms. The lowest BCUT2D eigenvalue weighted by Crippen LogP contribution is -2.43. The monoisotopic (exact) mass is 221 g/mol. The third-order valence-corrected chi connectivity index (χ3v) is 2.70. The molecule has 1 N–H and O–H groups in total. The highest BCUT2D eigenvalue weighted by Crippen LogP contribution is 2.20. The van der Waals surface area contributed by atoms with Crippen LogP contribution in [0.4, 0.5) is 0 Å². The maximum absolute atomic E-state index is 12.1. The van der Waals surface area contributed by atoms with Crippen LogP contribution in [0.3, 0.4) is 0 Å². The van der Waals surface area contributed by atoms with Gasteiger partial charge in [0.2, 0.25) is 5.91 Å². The fraction of sp³-hybridized carbons (Fsp3) is 0.667. The van der Waals surface area contributed by atoms with Crippen molar-refractivity contribution in [1.82, 2.24) is 10.2 Å². The minimum atomic E-state index is -0.369. The third-order valence-electron chi connectivity index (χ3n) is 2.70. The zero-order chi connectivity index (χ0) is 12.2. The van der Waals surface area contributed by atoms with Crippen LogP contribution in [0.2, 0.25) is 0 Å². The van der Waals surface area contributed by atoms with Crippen molar-refractivity contribution in [3.8, 4) is 6.07 Å². The van der Waals surface area contributed by atoms with Gasteiger partial charge in [0.05, 0.1) is 18.5 Å². The molecule has 1 saturated heterocycles. The van der Waals surface area contributed by atoms with Gasteiger partial charge in [-0.05, 0) is 5.41 Å². The van der Waals surface area contributed by atoms with Crippen molar-refractivity contribution in [2.45, 2.75) is 26.3 Å². The van der Waals surface area contributed by atoms with Gasteiger partial charge in [-0.15, -0.1) is 6.58 Å². The Hall–Kier alpha value is -1.34. The van der Waals surface area contributed by atoms with Crippen LogP contribution in [0.25, 0.3) is 0 Å². The fourth-order valence-corrected chi connectivity index (χ4v) is 1.92. The lowest BCUT2D eigenvalue weighted by Gasteiger charge is -2.28. The van der Waals surface area contributed by atoms with E-state index < -0.39 is 0 Å². The molecular weight excluding hydrogens is 202 g/mol. The van der Waals surface area contributed by atoms with Crippen molar-refractivity contribution in [3.63, 3.8) is 0 Å². The van der Waals surface area contributed by atoms with Crippen molar-refractivity contribution in [2.75, 3.05) is 19.6 Å². The van der Waals surface area contributed by atoms with Crippen molar-refractivity contribution < 1.29 is 4.79 Å². The number of nitrogens with zero attached hydrogens (tertiary/aromatic N) is 2. The van der Waals surface area contributed by atoms with Gasteiger partial charge in [0.1, 0.15) is 0 Å². The SMILES string of the molecule is C=CCN1CC(C)(C)CNC(CC#N)C1=O. The smallest absolute Gasteiger partial charge is 0.241 e. The van der Waals surface area contributed by atoms with Crippen LogP contribution < -0.4 is 5.32 Å². The van der Waals surface area contributed by atoms with Crippen LogP contribution in [0.15, 0.2) is 12.7 Å². The molecule has 88 valence electrons. The van der Waals surface area contributed by atoms with Crippen LogP contribution in [-0.4, -0.2) is 36.5 Å². The standard InChI is InChI=1S/C12H19N3O/c1-4-7-15-9-12(2,3)8-14-10(5-6-13)11(15)16/h4,10,14H,1,5,7-9H2,2-3H3. The Morgan fingerprint density at radius 1 is 1.75 bits per heavy atom. The fourth-order valence-electron chi connectivity index (χ4n) is 1.92. The van der Waals surface area contributed by atoms with E-state index in [0.717, 1.165) is 6.54 Å². The van der Waals surface area contributed by atoms with E-state index in [1.807, 2.05) is 6.07 Å². The van der Waals surface area contributed by atoms with Gasteiger partial charge in [-0.25, -0.2) is 0 Å². The first-order valence-electron chi connectivity index (χ1n) is 5.50. The Kier molecular flexibility index (Phi) is 4.08. The largest absolute Gasteiger partial charge is 0.337 e. The van der Waals surface area contributed by atoms with Gasteiger partial charge in [-0.2, -0.15) is 5.26 Å². The third kappa shape index (κ3) is 3.07. The predicted molar refractivity (Wildman–Crippen MR) is 62.6 cm³/mol. The summed E-state index contributed by atoms with van der Waals surface area (Å²) in [5.41, 5.74) is 0.0306. The summed E-state index contributed by atoms with van der Waals surface area (Å²) in [7, 11) is 0. The van der Waals surface area contributed by atoms with Gasteiger partial charge in [-0.1, -0.05) is 19.9 Å². The van der Waals surface area contributed by atoms with Crippen LogP contribution in [-0.2, 0) is 4.79 Å². The number of amides is 1. The maximum Gasteiger partial charge on any atom is 0.241 e.